The summed E-state index contributed by atoms with van der Waals surface area (Å²) in [6.45, 7) is 2.42. The van der Waals surface area contributed by atoms with E-state index in [1.54, 1.807) is 0 Å². The number of rotatable bonds is 5. The maximum absolute atomic E-state index is 11.6. The van der Waals surface area contributed by atoms with Crippen LogP contribution in [-0.4, -0.2) is 18.5 Å². The highest BCUT2D eigenvalue weighted by Gasteiger charge is 2.07. The molecule has 3 heteroatoms. The Kier molecular flexibility index (Phi) is 5.10. The molecule has 0 bridgehead atoms. The smallest absolute Gasteiger partial charge is 0.225 e. The van der Waals surface area contributed by atoms with Gasteiger partial charge in [0.15, 0.2) is 0 Å². The summed E-state index contributed by atoms with van der Waals surface area (Å²) < 4.78 is 0. The molecule has 0 aliphatic heterocycles. The second-order valence-electron chi connectivity index (χ2n) is 3.60. The number of amides is 1. The minimum absolute atomic E-state index is 0.0109. The summed E-state index contributed by atoms with van der Waals surface area (Å²) in [5.41, 5.74) is 0.816. The number of nitrogens with one attached hydrogen (secondary N) is 2. The Balaban J connectivity index is 2.34. The fraction of sp³-hybridized carbons (Fsp3) is 0.308. The fourth-order valence-electron chi connectivity index (χ4n) is 1.32. The predicted molar refractivity (Wildman–Crippen MR) is 66.0 cm³/mol. The lowest BCUT2D eigenvalue weighted by Gasteiger charge is -2.11. The molecule has 0 aromatic heterocycles. The molecule has 0 aliphatic rings. The van der Waals surface area contributed by atoms with E-state index in [0.29, 0.717) is 13.0 Å². The number of hydrogen-bond acceptors (Lipinski definition) is 2. The van der Waals surface area contributed by atoms with E-state index in [0.717, 1.165) is 5.69 Å². The summed E-state index contributed by atoms with van der Waals surface area (Å²) in [5.74, 6) is 2.47. The van der Waals surface area contributed by atoms with Gasteiger partial charge in [-0.2, -0.15) is 0 Å². The van der Waals surface area contributed by atoms with Crippen molar-refractivity contribution in [2.24, 2.45) is 0 Å². The van der Waals surface area contributed by atoms with E-state index in [4.69, 9.17) is 6.42 Å². The summed E-state index contributed by atoms with van der Waals surface area (Å²) in [6.07, 6.45) is 5.53. The van der Waals surface area contributed by atoms with Gasteiger partial charge in [0, 0.05) is 18.2 Å². The highest BCUT2D eigenvalue weighted by molar-refractivity contribution is 5.90. The molecular weight excluding hydrogens is 200 g/mol. The molecule has 0 radical (unpaired) electrons. The number of benzene rings is 1. The van der Waals surface area contributed by atoms with Gasteiger partial charge in [-0.15, -0.1) is 6.42 Å². The van der Waals surface area contributed by atoms with Gasteiger partial charge >= 0.3 is 0 Å². The molecule has 1 rings (SSSR count). The number of carbonyl (C=O) groups is 1. The molecule has 1 amide bonds. The zero-order chi connectivity index (χ0) is 11.8. The maximum atomic E-state index is 11.6. The molecule has 16 heavy (non-hydrogen) atoms. The lowest BCUT2D eigenvalue weighted by atomic mass is 10.2. The molecule has 1 unspecified atom stereocenters. The highest BCUT2D eigenvalue weighted by Crippen LogP contribution is 2.05. The van der Waals surface area contributed by atoms with Crippen molar-refractivity contribution in [2.45, 2.75) is 19.4 Å². The molecule has 1 aromatic rings. The van der Waals surface area contributed by atoms with E-state index in [9.17, 15) is 4.79 Å². The Morgan fingerprint density at radius 3 is 2.75 bits per heavy atom. The third-order valence-electron chi connectivity index (χ3n) is 2.10. The van der Waals surface area contributed by atoms with Crippen LogP contribution in [0.5, 0.6) is 0 Å². The normalized spacial score (nSPS) is 11.5. The van der Waals surface area contributed by atoms with Crippen molar-refractivity contribution < 1.29 is 4.79 Å². The Labute approximate surface area is 96.2 Å². The van der Waals surface area contributed by atoms with E-state index in [-0.39, 0.29) is 11.9 Å². The van der Waals surface area contributed by atoms with Crippen LogP contribution in [0, 0.1) is 12.3 Å². The third-order valence-corrected chi connectivity index (χ3v) is 2.10. The Bertz CT molecular complexity index is 367. The van der Waals surface area contributed by atoms with Crippen LogP contribution in [0.2, 0.25) is 0 Å². The lowest BCUT2D eigenvalue weighted by molar-refractivity contribution is -0.116. The van der Waals surface area contributed by atoms with Gasteiger partial charge in [0.2, 0.25) is 5.91 Å². The number of carbonyl (C=O) groups excluding carboxylic acids is 1. The lowest BCUT2D eigenvalue weighted by Crippen LogP contribution is -2.30. The third kappa shape index (κ3) is 4.63. The number of hydrogen-bond donors (Lipinski definition) is 2. The molecular formula is C13H16N2O. The Morgan fingerprint density at radius 2 is 2.12 bits per heavy atom. The van der Waals surface area contributed by atoms with Gasteiger partial charge in [0.05, 0.1) is 6.54 Å². The quantitative estimate of drug-likeness (QED) is 0.734. The van der Waals surface area contributed by atoms with Crippen LogP contribution in [-0.2, 0) is 4.79 Å². The van der Waals surface area contributed by atoms with E-state index < -0.39 is 0 Å². The van der Waals surface area contributed by atoms with Gasteiger partial charge in [-0.05, 0) is 19.1 Å². The van der Waals surface area contributed by atoms with Crippen molar-refractivity contribution in [3.05, 3.63) is 30.3 Å². The standard InChI is InChI=1S/C13H16N2O/c1-3-9-14-11(2)10-13(16)15-12-7-5-4-6-8-12/h1,4-8,11,14H,9-10H2,2H3,(H,15,16). The monoisotopic (exact) mass is 216 g/mol. The average Bonchev–Trinajstić information content (AvgIpc) is 2.27. The zero-order valence-electron chi connectivity index (χ0n) is 9.36. The first-order valence-corrected chi connectivity index (χ1v) is 5.24. The molecule has 0 saturated carbocycles. The first-order valence-electron chi connectivity index (χ1n) is 5.24. The van der Waals surface area contributed by atoms with Gasteiger partial charge in [0.25, 0.3) is 0 Å². The van der Waals surface area contributed by atoms with E-state index in [1.807, 2.05) is 37.3 Å². The minimum Gasteiger partial charge on any atom is -0.326 e. The minimum atomic E-state index is -0.0109. The van der Waals surface area contributed by atoms with Crippen molar-refractivity contribution in [3.8, 4) is 12.3 Å². The highest BCUT2D eigenvalue weighted by atomic mass is 16.1. The first-order chi connectivity index (χ1) is 7.72. The van der Waals surface area contributed by atoms with Crippen LogP contribution in [0.25, 0.3) is 0 Å². The molecule has 2 N–H and O–H groups in total. The van der Waals surface area contributed by atoms with Crippen LogP contribution in [0.4, 0.5) is 5.69 Å². The summed E-state index contributed by atoms with van der Waals surface area (Å²) in [7, 11) is 0. The average molecular weight is 216 g/mol. The second kappa shape index (κ2) is 6.65. The van der Waals surface area contributed by atoms with Crippen molar-refractivity contribution in [2.75, 3.05) is 11.9 Å². The van der Waals surface area contributed by atoms with Gasteiger partial charge in [-0.3, -0.25) is 4.79 Å². The number of para-hydroxylation sites is 1. The molecule has 1 aromatic carbocycles. The van der Waals surface area contributed by atoms with Crippen LogP contribution in [0.1, 0.15) is 13.3 Å². The van der Waals surface area contributed by atoms with Crippen molar-refractivity contribution in [1.82, 2.24) is 5.32 Å². The molecule has 0 fully saturated rings. The summed E-state index contributed by atoms with van der Waals surface area (Å²) in [5, 5.41) is 5.87. The second-order valence-corrected chi connectivity index (χ2v) is 3.60. The predicted octanol–water partition coefficient (Wildman–Crippen LogP) is 1.63. The molecule has 1 atom stereocenters. The Morgan fingerprint density at radius 1 is 1.44 bits per heavy atom. The Hall–Kier alpha value is -1.79. The summed E-state index contributed by atoms with van der Waals surface area (Å²) >= 11 is 0. The fourth-order valence-corrected chi connectivity index (χ4v) is 1.32. The first kappa shape index (κ1) is 12.3. The van der Waals surface area contributed by atoms with Crippen LogP contribution in [0.3, 0.4) is 0 Å². The van der Waals surface area contributed by atoms with Gasteiger partial charge in [-0.1, -0.05) is 24.1 Å². The number of terminal acetylenes is 1. The summed E-state index contributed by atoms with van der Waals surface area (Å²) in [6, 6.07) is 9.48. The maximum Gasteiger partial charge on any atom is 0.225 e. The molecule has 0 heterocycles. The summed E-state index contributed by atoms with van der Waals surface area (Å²) in [4.78, 5) is 11.6. The van der Waals surface area contributed by atoms with Crippen LogP contribution in [0.15, 0.2) is 30.3 Å². The van der Waals surface area contributed by atoms with E-state index >= 15 is 0 Å². The van der Waals surface area contributed by atoms with Crippen molar-refractivity contribution in [3.63, 3.8) is 0 Å². The molecule has 0 spiro atoms. The number of anilines is 1. The van der Waals surface area contributed by atoms with Crippen LogP contribution < -0.4 is 10.6 Å². The van der Waals surface area contributed by atoms with Crippen LogP contribution >= 0.6 is 0 Å². The van der Waals surface area contributed by atoms with Crippen molar-refractivity contribution in [1.29, 1.82) is 0 Å². The SMILES string of the molecule is C#CCNC(C)CC(=O)Nc1ccccc1. The van der Waals surface area contributed by atoms with Gasteiger partial charge in [0.1, 0.15) is 0 Å². The largest absolute Gasteiger partial charge is 0.326 e. The van der Waals surface area contributed by atoms with E-state index in [1.165, 1.54) is 0 Å². The van der Waals surface area contributed by atoms with Crippen molar-refractivity contribution >= 4 is 11.6 Å². The molecule has 3 nitrogen and oxygen atoms in total. The zero-order valence-corrected chi connectivity index (χ0v) is 9.36. The molecule has 84 valence electrons. The van der Waals surface area contributed by atoms with Gasteiger partial charge < -0.3 is 10.6 Å². The molecule has 0 aliphatic carbocycles. The topological polar surface area (TPSA) is 41.1 Å². The van der Waals surface area contributed by atoms with E-state index in [2.05, 4.69) is 16.6 Å². The molecule has 0 saturated heterocycles. The van der Waals surface area contributed by atoms with Gasteiger partial charge in [-0.25, -0.2) is 0 Å².